The molecule has 3 rings (SSSR count). The van der Waals surface area contributed by atoms with Crippen LogP contribution in [0.3, 0.4) is 0 Å². The van der Waals surface area contributed by atoms with Gasteiger partial charge in [0.25, 0.3) is 0 Å². The SMILES string of the molecule is COc1cc(OC)c(OC)cc1C[NH+]1CC[NH+](Cc2cccnc2)CC1. The molecule has 0 unspecified atom stereocenters. The van der Waals surface area contributed by atoms with Crippen LogP contribution < -0.4 is 24.0 Å². The fourth-order valence-electron chi connectivity index (χ4n) is 3.60. The minimum absolute atomic E-state index is 0.703. The average molecular weight is 359 g/mol. The molecular formula is C20H29N3O3+2. The molecule has 0 bridgehead atoms. The molecule has 1 aromatic heterocycles. The molecule has 1 aromatic carbocycles. The Labute approximate surface area is 155 Å². The van der Waals surface area contributed by atoms with Crippen molar-refractivity contribution >= 4 is 0 Å². The summed E-state index contributed by atoms with van der Waals surface area (Å²) in [7, 11) is 5.02. The van der Waals surface area contributed by atoms with Gasteiger partial charge in [0.1, 0.15) is 45.0 Å². The van der Waals surface area contributed by atoms with E-state index in [2.05, 4.69) is 11.1 Å². The van der Waals surface area contributed by atoms with E-state index in [0.29, 0.717) is 5.75 Å². The Bertz CT molecular complexity index is 701. The first-order valence-electron chi connectivity index (χ1n) is 9.08. The van der Waals surface area contributed by atoms with Gasteiger partial charge in [-0.15, -0.1) is 0 Å². The summed E-state index contributed by atoms with van der Waals surface area (Å²) >= 11 is 0. The maximum absolute atomic E-state index is 5.57. The van der Waals surface area contributed by atoms with Gasteiger partial charge in [-0.2, -0.15) is 0 Å². The van der Waals surface area contributed by atoms with Gasteiger partial charge in [-0.3, -0.25) is 4.98 Å². The first kappa shape index (κ1) is 18.5. The highest BCUT2D eigenvalue weighted by Gasteiger charge is 2.25. The highest BCUT2D eigenvalue weighted by Crippen LogP contribution is 2.34. The van der Waals surface area contributed by atoms with Gasteiger partial charge < -0.3 is 24.0 Å². The number of nitrogens with one attached hydrogen (secondary N) is 2. The largest absolute Gasteiger partial charge is 0.496 e. The Kier molecular flexibility index (Phi) is 6.30. The van der Waals surface area contributed by atoms with E-state index in [1.165, 1.54) is 18.7 Å². The zero-order valence-electron chi connectivity index (χ0n) is 15.9. The van der Waals surface area contributed by atoms with Crippen LogP contribution in [-0.4, -0.2) is 52.5 Å². The lowest BCUT2D eigenvalue weighted by atomic mass is 10.1. The van der Waals surface area contributed by atoms with Crippen molar-refractivity contribution in [2.45, 2.75) is 13.1 Å². The van der Waals surface area contributed by atoms with Crippen LogP contribution in [0.4, 0.5) is 0 Å². The molecule has 0 saturated carbocycles. The maximum atomic E-state index is 5.57. The molecule has 1 aliphatic rings. The topological polar surface area (TPSA) is 49.5 Å². The second-order valence-corrected chi connectivity index (χ2v) is 6.73. The third-order valence-corrected chi connectivity index (χ3v) is 5.07. The number of piperazine rings is 1. The molecule has 0 spiro atoms. The summed E-state index contributed by atoms with van der Waals surface area (Å²) in [6, 6.07) is 8.13. The predicted molar refractivity (Wildman–Crippen MR) is 99.1 cm³/mol. The number of nitrogens with zero attached hydrogens (tertiary/aromatic N) is 1. The van der Waals surface area contributed by atoms with Crippen molar-refractivity contribution in [1.82, 2.24) is 4.98 Å². The van der Waals surface area contributed by atoms with Crippen LogP contribution in [0, 0.1) is 0 Å². The lowest BCUT2D eigenvalue weighted by Crippen LogP contribution is -3.27. The van der Waals surface area contributed by atoms with E-state index < -0.39 is 0 Å². The molecule has 0 amide bonds. The molecule has 0 atom stereocenters. The van der Waals surface area contributed by atoms with Gasteiger partial charge in [-0.1, -0.05) is 6.07 Å². The second kappa shape index (κ2) is 8.87. The fourth-order valence-corrected chi connectivity index (χ4v) is 3.60. The maximum Gasteiger partial charge on any atom is 0.164 e. The van der Waals surface area contributed by atoms with Crippen molar-refractivity contribution in [1.29, 1.82) is 0 Å². The zero-order chi connectivity index (χ0) is 18.4. The normalized spacial score (nSPS) is 19.8. The molecule has 140 valence electrons. The van der Waals surface area contributed by atoms with Crippen molar-refractivity contribution in [2.75, 3.05) is 47.5 Å². The van der Waals surface area contributed by atoms with E-state index in [9.17, 15) is 0 Å². The predicted octanol–water partition coefficient (Wildman–Crippen LogP) is -0.409. The quantitative estimate of drug-likeness (QED) is 0.706. The monoisotopic (exact) mass is 359 g/mol. The van der Waals surface area contributed by atoms with Crippen LogP contribution in [0.1, 0.15) is 11.1 Å². The average Bonchev–Trinajstić information content (AvgIpc) is 2.70. The number of quaternary nitrogens is 2. The number of rotatable bonds is 7. The Hall–Kier alpha value is -2.31. The number of benzene rings is 1. The fraction of sp³-hybridized carbons (Fsp3) is 0.450. The van der Waals surface area contributed by atoms with Crippen molar-refractivity contribution in [2.24, 2.45) is 0 Å². The second-order valence-electron chi connectivity index (χ2n) is 6.73. The van der Waals surface area contributed by atoms with Gasteiger partial charge >= 0.3 is 0 Å². The Morgan fingerprint density at radius 2 is 1.46 bits per heavy atom. The number of ether oxygens (including phenoxy) is 3. The summed E-state index contributed by atoms with van der Waals surface area (Å²) in [5, 5.41) is 0. The lowest BCUT2D eigenvalue weighted by Gasteiger charge is -2.30. The first-order chi connectivity index (χ1) is 12.7. The minimum Gasteiger partial charge on any atom is -0.496 e. The van der Waals surface area contributed by atoms with E-state index in [0.717, 1.165) is 43.2 Å². The summed E-state index contributed by atoms with van der Waals surface area (Å²) in [6.45, 7) is 6.62. The number of hydrogen-bond acceptors (Lipinski definition) is 4. The number of hydrogen-bond donors (Lipinski definition) is 2. The van der Waals surface area contributed by atoms with Crippen molar-refractivity contribution < 1.29 is 24.0 Å². The third kappa shape index (κ3) is 4.45. The van der Waals surface area contributed by atoms with Gasteiger partial charge in [0, 0.05) is 24.0 Å². The molecule has 2 N–H and O–H groups in total. The highest BCUT2D eigenvalue weighted by molar-refractivity contribution is 5.50. The zero-order valence-corrected chi connectivity index (χ0v) is 15.9. The summed E-state index contributed by atoms with van der Waals surface area (Å²) in [5.74, 6) is 2.32. The molecule has 2 aromatic rings. The van der Waals surface area contributed by atoms with Crippen LogP contribution in [0.25, 0.3) is 0 Å². The lowest BCUT2D eigenvalue weighted by molar-refractivity contribution is -1.02. The van der Waals surface area contributed by atoms with Crippen LogP contribution in [0.2, 0.25) is 0 Å². The van der Waals surface area contributed by atoms with Crippen molar-refractivity contribution in [3.8, 4) is 17.2 Å². The van der Waals surface area contributed by atoms with Crippen LogP contribution in [0.15, 0.2) is 36.7 Å². The summed E-state index contributed by atoms with van der Waals surface area (Å²) in [4.78, 5) is 7.42. The standard InChI is InChI=1S/C20H27N3O3/c1-24-18-12-20(26-3)19(25-2)11-17(18)15-23-9-7-22(8-10-23)14-16-5-4-6-21-13-16/h4-6,11-13H,7-10,14-15H2,1-3H3/p+2. The molecule has 2 heterocycles. The van der Waals surface area contributed by atoms with Crippen LogP contribution >= 0.6 is 0 Å². The summed E-state index contributed by atoms with van der Waals surface area (Å²) < 4.78 is 16.4. The number of methoxy groups -OCH3 is 3. The minimum atomic E-state index is 0.703. The molecule has 6 nitrogen and oxygen atoms in total. The van der Waals surface area contributed by atoms with Gasteiger partial charge in [-0.25, -0.2) is 0 Å². The molecule has 0 radical (unpaired) electrons. The number of aromatic nitrogens is 1. The van der Waals surface area contributed by atoms with Gasteiger partial charge in [0.2, 0.25) is 0 Å². The molecule has 1 fully saturated rings. The molecule has 0 aliphatic carbocycles. The van der Waals surface area contributed by atoms with Gasteiger partial charge in [-0.05, 0) is 12.1 Å². The van der Waals surface area contributed by atoms with Crippen LogP contribution in [-0.2, 0) is 13.1 Å². The number of pyridine rings is 1. The first-order valence-corrected chi connectivity index (χ1v) is 9.08. The Morgan fingerprint density at radius 3 is 2.04 bits per heavy atom. The molecule has 1 aliphatic heterocycles. The van der Waals surface area contributed by atoms with E-state index in [1.807, 2.05) is 30.6 Å². The Morgan fingerprint density at radius 1 is 0.846 bits per heavy atom. The van der Waals surface area contributed by atoms with Gasteiger partial charge in [0.15, 0.2) is 11.5 Å². The summed E-state index contributed by atoms with van der Waals surface area (Å²) in [6.07, 6.45) is 3.80. The summed E-state index contributed by atoms with van der Waals surface area (Å²) in [5.41, 5.74) is 2.48. The highest BCUT2D eigenvalue weighted by atomic mass is 16.5. The molecule has 26 heavy (non-hydrogen) atoms. The third-order valence-electron chi connectivity index (χ3n) is 5.07. The van der Waals surface area contributed by atoms with Crippen molar-refractivity contribution in [3.05, 3.63) is 47.8 Å². The van der Waals surface area contributed by atoms with E-state index in [4.69, 9.17) is 14.2 Å². The Balaban J connectivity index is 1.60. The van der Waals surface area contributed by atoms with E-state index in [-0.39, 0.29) is 0 Å². The van der Waals surface area contributed by atoms with E-state index in [1.54, 1.807) is 31.1 Å². The molecular weight excluding hydrogens is 330 g/mol. The molecule has 1 saturated heterocycles. The van der Waals surface area contributed by atoms with Crippen molar-refractivity contribution in [3.63, 3.8) is 0 Å². The van der Waals surface area contributed by atoms with E-state index >= 15 is 0 Å². The molecule has 6 heteroatoms. The smallest absolute Gasteiger partial charge is 0.164 e. The van der Waals surface area contributed by atoms with Crippen LogP contribution in [0.5, 0.6) is 17.2 Å². The van der Waals surface area contributed by atoms with Gasteiger partial charge in [0.05, 0.1) is 26.9 Å².